The Morgan fingerprint density at radius 3 is 2.88 bits per heavy atom. The summed E-state index contributed by atoms with van der Waals surface area (Å²) in [5.74, 6) is 1.67. The van der Waals surface area contributed by atoms with E-state index in [1.54, 1.807) is 11.0 Å². The largest absolute Gasteiger partial charge is 0.457 e. The minimum absolute atomic E-state index is 0.189. The zero-order valence-corrected chi connectivity index (χ0v) is 17.8. The van der Waals surface area contributed by atoms with Crippen molar-refractivity contribution in [3.05, 3.63) is 66.4 Å². The zero-order valence-electron chi connectivity index (χ0n) is 17.8. The molecule has 0 radical (unpaired) electrons. The number of nitrogens with zero attached hydrogens (tertiary/aromatic N) is 3. The van der Waals surface area contributed by atoms with Gasteiger partial charge in [0.05, 0.1) is 17.8 Å². The van der Waals surface area contributed by atoms with Gasteiger partial charge in [0.15, 0.2) is 6.19 Å². The minimum atomic E-state index is -0.354. The van der Waals surface area contributed by atoms with Crippen LogP contribution < -0.4 is 10.1 Å². The molecular formula is C25H25N5O2. The van der Waals surface area contributed by atoms with Gasteiger partial charge < -0.3 is 15.0 Å². The lowest BCUT2D eigenvalue weighted by Gasteiger charge is -2.48. The van der Waals surface area contributed by atoms with Gasteiger partial charge in [0.1, 0.15) is 17.2 Å². The van der Waals surface area contributed by atoms with Crippen LogP contribution in [0.4, 0.5) is 0 Å². The number of nitrogens with one attached hydrogen (secondary N) is 2. The topological polar surface area (TPSA) is 94.0 Å². The number of para-hydroxylation sites is 2. The molecule has 1 amide bonds. The van der Waals surface area contributed by atoms with Crippen LogP contribution in [0.25, 0.3) is 11.3 Å². The number of hydrogen-bond donors (Lipinski definition) is 2. The number of nitriles is 1. The number of aromatic amines is 1. The number of H-pyrrole nitrogens is 1. The molecule has 2 aromatic carbocycles. The van der Waals surface area contributed by atoms with E-state index in [2.05, 4.69) is 21.7 Å². The lowest BCUT2D eigenvalue weighted by molar-refractivity contribution is 0.0580. The Morgan fingerprint density at radius 2 is 2.03 bits per heavy atom. The van der Waals surface area contributed by atoms with Gasteiger partial charge in [0.25, 0.3) is 5.91 Å². The van der Waals surface area contributed by atoms with Crippen molar-refractivity contribution in [3.8, 4) is 28.9 Å². The SMILES string of the molecule is N#CN1C[C@@H]2CCCC(NC(=O)c3cc(-c4ccccc4Oc4ccccc4)n[nH]3)(C2)C1. The first-order valence-electron chi connectivity index (χ1n) is 11.0. The van der Waals surface area contributed by atoms with Crippen LogP contribution in [-0.2, 0) is 0 Å². The summed E-state index contributed by atoms with van der Waals surface area (Å²) in [6.45, 7) is 1.36. The number of rotatable bonds is 5. The standard InChI is InChI=1S/C25H25N5O2/c26-17-30-15-18-7-6-12-25(14-18,16-30)27-24(31)22-13-21(28-29-22)20-10-4-5-11-23(20)32-19-8-2-1-3-9-19/h1-5,8-11,13,18H,6-7,12,14-16H2,(H,27,31)(H,28,29)/t18-,25?/m1/s1. The highest BCUT2D eigenvalue weighted by atomic mass is 16.5. The highest BCUT2D eigenvalue weighted by molar-refractivity contribution is 5.94. The Morgan fingerprint density at radius 1 is 1.22 bits per heavy atom. The van der Waals surface area contributed by atoms with Gasteiger partial charge in [-0.1, -0.05) is 36.8 Å². The van der Waals surface area contributed by atoms with Crippen molar-refractivity contribution in [2.45, 2.75) is 31.2 Å². The van der Waals surface area contributed by atoms with Crippen LogP contribution in [0.15, 0.2) is 60.7 Å². The molecule has 2 bridgehead atoms. The number of ether oxygens (including phenoxy) is 1. The van der Waals surface area contributed by atoms with Gasteiger partial charge >= 0.3 is 0 Å². The summed E-state index contributed by atoms with van der Waals surface area (Å²) in [6.07, 6.45) is 6.27. The van der Waals surface area contributed by atoms with Crippen molar-refractivity contribution in [1.82, 2.24) is 20.4 Å². The van der Waals surface area contributed by atoms with Crippen molar-refractivity contribution in [2.24, 2.45) is 5.92 Å². The van der Waals surface area contributed by atoms with E-state index >= 15 is 0 Å². The van der Waals surface area contributed by atoms with Crippen molar-refractivity contribution in [3.63, 3.8) is 0 Å². The normalized spacial score (nSPS) is 22.1. The maximum atomic E-state index is 13.1. The maximum Gasteiger partial charge on any atom is 0.269 e. The molecule has 1 saturated carbocycles. The third-order valence-electron chi connectivity index (χ3n) is 6.40. The van der Waals surface area contributed by atoms with E-state index in [-0.39, 0.29) is 11.4 Å². The second-order valence-corrected chi connectivity index (χ2v) is 8.76. The van der Waals surface area contributed by atoms with Crippen molar-refractivity contribution >= 4 is 5.91 Å². The van der Waals surface area contributed by atoms with Crippen LogP contribution >= 0.6 is 0 Å². The third kappa shape index (κ3) is 4.04. The summed E-state index contributed by atoms with van der Waals surface area (Å²) in [4.78, 5) is 14.9. The molecule has 1 saturated heterocycles. The van der Waals surface area contributed by atoms with E-state index < -0.39 is 0 Å². The summed E-state index contributed by atoms with van der Waals surface area (Å²) in [6, 6.07) is 19.0. The van der Waals surface area contributed by atoms with E-state index in [1.807, 2.05) is 54.6 Å². The monoisotopic (exact) mass is 427 g/mol. The van der Waals surface area contributed by atoms with Crippen LogP contribution in [-0.4, -0.2) is 39.6 Å². The quantitative estimate of drug-likeness (QED) is 0.591. The Balaban J connectivity index is 1.35. The highest BCUT2D eigenvalue weighted by Crippen LogP contribution is 2.38. The minimum Gasteiger partial charge on any atom is -0.457 e. The van der Waals surface area contributed by atoms with Gasteiger partial charge in [0.2, 0.25) is 0 Å². The van der Waals surface area contributed by atoms with E-state index in [0.29, 0.717) is 29.6 Å². The lowest BCUT2D eigenvalue weighted by Crippen LogP contribution is -2.61. The second-order valence-electron chi connectivity index (χ2n) is 8.76. The van der Waals surface area contributed by atoms with Gasteiger partial charge in [-0.25, -0.2) is 0 Å². The smallest absolute Gasteiger partial charge is 0.269 e. The molecule has 32 heavy (non-hydrogen) atoms. The van der Waals surface area contributed by atoms with E-state index in [0.717, 1.165) is 43.5 Å². The predicted octanol–water partition coefficient (Wildman–Crippen LogP) is 4.32. The molecule has 1 aliphatic carbocycles. The second kappa shape index (κ2) is 8.39. The summed E-state index contributed by atoms with van der Waals surface area (Å²) < 4.78 is 6.04. The van der Waals surface area contributed by atoms with Crippen LogP contribution in [0.5, 0.6) is 11.5 Å². The Hall–Kier alpha value is -3.79. The molecule has 1 aliphatic heterocycles. The first-order valence-corrected chi connectivity index (χ1v) is 11.0. The van der Waals surface area contributed by atoms with E-state index in [1.165, 1.54) is 0 Å². The zero-order chi connectivity index (χ0) is 22.0. The van der Waals surface area contributed by atoms with Gasteiger partial charge in [-0.3, -0.25) is 9.89 Å². The molecule has 2 atom stereocenters. The molecule has 2 aliphatic rings. The van der Waals surface area contributed by atoms with Gasteiger partial charge in [0, 0.05) is 12.1 Å². The fourth-order valence-electron chi connectivity index (χ4n) is 5.02. The molecule has 0 spiro atoms. The predicted molar refractivity (Wildman–Crippen MR) is 120 cm³/mol. The number of amides is 1. The molecule has 2 N–H and O–H groups in total. The van der Waals surface area contributed by atoms with E-state index in [4.69, 9.17) is 4.74 Å². The maximum absolute atomic E-state index is 13.1. The Kier molecular flexibility index (Phi) is 5.28. The molecule has 2 heterocycles. The number of hydrogen-bond acceptors (Lipinski definition) is 5. The number of carbonyl (C=O) groups is 1. The molecule has 2 fully saturated rings. The van der Waals surface area contributed by atoms with Crippen LogP contribution in [0.3, 0.4) is 0 Å². The summed E-state index contributed by atoms with van der Waals surface area (Å²) >= 11 is 0. The van der Waals surface area contributed by atoms with E-state index in [9.17, 15) is 10.1 Å². The van der Waals surface area contributed by atoms with Crippen molar-refractivity contribution < 1.29 is 9.53 Å². The summed E-state index contributed by atoms with van der Waals surface area (Å²) in [7, 11) is 0. The number of fused-ring (bicyclic) bond motifs is 2. The Labute approximate surface area is 187 Å². The molecule has 7 nitrogen and oxygen atoms in total. The number of carbonyl (C=O) groups excluding carboxylic acids is 1. The van der Waals surface area contributed by atoms with Gasteiger partial charge in [-0.15, -0.1) is 0 Å². The average molecular weight is 428 g/mol. The van der Waals surface area contributed by atoms with Crippen molar-refractivity contribution in [2.75, 3.05) is 13.1 Å². The first kappa shape index (κ1) is 20.1. The number of aromatic nitrogens is 2. The number of likely N-dealkylation sites (tertiary alicyclic amines) is 1. The third-order valence-corrected chi connectivity index (χ3v) is 6.40. The highest BCUT2D eigenvalue weighted by Gasteiger charge is 2.43. The fraction of sp³-hybridized carbons (Fsp3) is 0.320. The van der Waals surface area contributed by atoms with Gasteiger partial charge in [-0.2, -0.15) is 10.4 Å². The number of benzene rings is 2. The molecule has 5 rings (SSSR count). The van der Waals surface area contributed by atoms with Gasteiger partial charge in [-0.05, 0) is 55.5 Å². The Bertz CT molecular complexity index is 1150. The first-order chi connectivity index (χ1) is 15.6. The summed E-state index contributed by atoms with van der Waals surface area (Å²) in [5.41, 5.74) is 1.49. The molecule has 162 valence electrons. The number of piperidine rings is 1. The molecule has 3 aromatic rings. The lowest BCUT2D eigenvalue weighted by atomic mass is 9.72. The molecular weight excluding hydrogens is 402 g/mol. The van der Waals surface area contributed by atoms with Crippen LogP contribution in [0.2, 0.25) is 0 Å². The van der Waals surface area contributed by atoms with Crippen LogP contribution in [0.1, 0.15) is 36.2 Å². The molecule has 1 unspecified atom stereocenters. The molecule has 1 aromatic heterocycles. The molecule has 7 heteroatoms. The fourth-order valence-corrected chi connectivity index (χ4v) is 5.02. The van der Waals surface area contributed by atoms with Crippen molar-refractivity contribution in [1.29, 1.82) is 5.26 Å². The summed E-state index contributed by atoms with van der Waals surface area (Å²) in [5, 5.41) is 19.9. The van der Waals surface area contributed by atoms with Crippen LogP contribution in [0, 0.1) is 17.4 Å². The average Bonchev–Trinajstić information content (AvgIpc) is 3.30.